The lowest BCUT2D eigenvalue weighted by Crippen LogP contribution is -2.28. The molecule has 1 aromatic heterocycles. The van der Waals surface area contributed by atoms with Crippen molar-refractivity contribution in [2.24, 2.45) is 13.0 Å². The van der Waals surface area contributed by atoms with Gasteiger partial charge in [0.2, 0.25) is 11.8 Å². The molecule has 0 aliphatic carbocycles. The molecule has 0 bridgehead atoms. The van der Waals surface area contributed by atoms with Crippen LogP contribution >= 0.6 is 11.8 Å². The maximum absolute atomic E-state index is 12.7. The Labute approximate surface area is 155 Å². The number of nitrogens with zero attached hydrogens (tertiary/aromatic N) is 3. The molecule has 2 aliphatic heterocycles. The molecule has 1 fully saturated rings. The van der Waals surface area contributed by atoms with Crippen molar-refractivity contribution in [2.75, 3.05) is 23.9 Å². The smallest absolute Gasteiger partial charge is 0.230 e. The largest absolute Gasteiger partial charge is 0.497 e. The zero-order chi connectivity index (χ0) is 18.3. The number of thioether (sulfide) groups is 1. The van der Waals surface area contributed by atoms with Crippen molar-refractivity contribution >= 4 is 35.1 Å². The molecule has 1 aromatic carbocycles. The van der Waals surface area contributed by atoms with E-state index >= 15 is 0 Å². The lowest BCUT2D eigenvalue weighted by Gasteiger charge is -2.17. The zero-order valence-corrected chi connectivity index (χ0v) is 15.5. The number of benzene rings is 1. The molecular weight excluding hydrogens is 352 g/mol. The average molecular weight is 372 g/mol. The second-order valence-electron chi connectivity index (χ2n) is 6.48. The van der Waals surface area contributed by atoms with Gasteiger partial charge < -0.3 is 15.0 Å². The molecule has 0 radical (unpaired) electrons. The molecule has 1 saturated heterocycles. The fourth-order valence-electron chi connectivity index (χ4n) is 3.41. The van der Waals surface area contributed by atoms with E-state index in [0.29, 0.717) is 6.54 Å². The van der Waals surface area contributed by atoms with E-state index < -0.39 is 0 Å². The molecule has 0 saturated carbocycles. The highest BCUT2D eigenvalue weighted by molar-refractivity contribution is 7.98. The number of methoxy groups -OCH3 is 1. The van der Waals surface area contributed by atoms with Gasteiger partial charge in [0.15, 0.2) is 0 Å². The number of aromatic nitrogens is 2. The van der Waals surface area contributed by atoms with Gasteiger partial charge in [-0.3, -0.25) is 14.3 Å². The fourth-order valence-corrected chi connectivity index (χ4v) is 4.45. The molecule has 0 unspecified atom stereocenters. The minimum Gasteiger partial charge on any atom is -0.497 e. The van der Waals surface area contributed by atoms with Gasteiger partial charge in [-0.15, -0.1) is 0 Å². The van der Waals surface area contributed by atoms with E-state index in [1.807, 2.05) is 31.3 Å². The molecular formula is C18H20N4O3S. The molecule has 8 heteroatoms. The lowest BCUT2D eigenvalue weighted by atomic mass is 10.1. The summed E-state index contributed by atoms with van der Waals surface area (Å²) >= 11 is 1.79. The Kier molecular flexibility index (Phi) is 4.36. The van der Waals surface area contributed by atoms with Crippen molar-refractivity contribution < 1.29 is 14.3 Å². The maximum atomic E-state index is 12.7. The normalized spacial score (nSPS) is 18.9. The molecule has 26 heavy (non-hydrogen) atoms. The second kappa shape index (κ2) is 6.68. The Morgan fingerprint density at radius 1 is 1.31 bits per heavy atom. The summed E-state index contributed by atoms with van der Waals surface area (Å²) in [6, 6.07) is 7.30. The highest BCUT2D eigenvalue weighted by atomic mass is 32.2. The molecule has 7 nitrogen and oxygen atoms in total. The molecule has 1 N–H and O–H groups in total. The van der Waals surface area contributed by atoms with Gasteiger partial charge in [0.25, 0.3) is 0 Å². The molecule has 4 rings (SSSR count). The third-order valence-electron chi connectivity index (χ3n) is 4.84. The fraction of sp³-hybridized carbons (Fsp3) is 0.389. The van der Waals surface area contributed by atoms with Gasteiger partial charge in [0.05, 0.1) is 18.7 Å². The summed E-state index contributed by atoms with van der Waals surface area (Å²) in [7, 11) is 3.44. The summed E-state index contributed by atoms with van der Waals surface area (Å²) in [4.78, 5) is 26.8. The van der Waals surface area contributed by atoms with Crippen molar-refractivity contribution in [3.8, 4) is 5.75 Å². The van der Waals surface area contributed by atoms with Gasteiger partial charge in [-0.1, -0.05) is 0 Å². The highest BCUT2D eigenvalue weighted by Crippen LogP contribution is 2.35. The van der Waals surface area contributed by atoms with Crippen LogP contribution < -0.4 is 15.0 Å². The summed E-state index contributed by atoms with van der Waals surface area (Å²) in [5.41, 5.74) is 2.92. The van der Waals surface area contributed by atoms with E-state index in [2.05, 4.69) is 10.4 Å². The Hall–Kier alpha value is -2.48. The van der Waals surface area contributed by atoms with Crippen molar-refractivity contribution in [3.63, 3.8) is 0 Å². The molecule has 2 aliphatic rings. The number of nitrogens with one attached hydrogen (secondary N) is 1. The SMILES string of the molecule is COc1ccc(N2C[C@@H](C(=O)Nc3c4c(nn3C)CSC4)CC2=O)cc1. The number of hydrogen-bond donors (Lipinski definition) is 1. The number of carbonyl (C=O) groups excluding carboxylic acids is 2. The summed E-state index contributed by atoms with van der Waals surface area (Å²) in [6.07, 6.45) is 0.215. The minimum atomic E-state index is -0.371. The first kappa shape index (κ1) is 17.0. The number of hydrogen-bond acceptors (Lipinski definition) is 5. The summed E-state index contributed by atoms with van der Waals surface area (Å²) < 4.78 is 6.87. The Bertz CT molecular complexity index is 862. The quantitative estimate of drug-likeness (QED) is 0.890. The first-order valence-electron chi connectivity index (χ1n) is 8.44. The molecule has 2 aromatic rings. The lowest BCUT2D eigenvalue weighted by molar-refractivity contribution is -0.122. The van der Waals surface area contributed by atoms with Crippen LogP contribution in [0.4, 0.5) is 11.5 Å². The zero-order valence-electron chi connectivity index (χ0n) is 14.7. The molecule has 0 spiro atoms. The first-order valence-corrected chi connectivity index (χ1v) is 9.60. The minimum absolute atomic E-state index is 0.0406. The molecule has 136 valence electrons. The Morgan fingerprint density at radius 3 is 2.81 bits per heavy atom. The van der Waals surface area contributed by atoms with Crippen molar-refractivity contribution in [1.82, 2.24) is 9.78 Å². The number of aryl methyl sites for hydroxylation is 1. The van der Waals surface area contributed by atoms with E-state index in [1.165, 1.54) is 0 Å². The number of rotatable bonds is 4. The van der Waals surface area contributed by atoms with Crippen LogP contribution in [0.3, 0.4) is 0 Å². The standard InChI is InChI=1S/C18H20N4O3S/c1-21-17(14-9-26-10-15(14)20-21)19-18(24)11-7-16(23)22(8-11)12-3-5-13(25-2)6-4-12/h3-6,11H,7-10H2,1-2H3,(H,19,24)/t11-/m0/s1. The number of amides is 2. The van der Waals surface area contributed by atoms with Crippen molar-refractivity contribution in [2.45, 2.75) is 17.9 Å². The van der Waals surface area contributed by atoms with Gasteiger partial charge in [-0.2, -0.15) is 16.9 Å². The highest BCUT2D eigenvalue weighted by Gasteiger charge is 2.36. The van der Waals surface area contributed by atoms with Crippen LogP contribution in [-0.2, 0) is 28.1 Å². The Balaban J connectivity index is 1.47. The van der Waals surface area contributed by atoms with Crippen LogP contribution in [0.5, 0.6) is 5.75 Å². The number of anilines is 2. The van der Waals surface area contributed by atoms with Crippen LogP contribution in [-0.4, -0.2) is 35.2 Å². The van der Waals surface area contributed by atoms with Crippen molar-refractivity contribution in [3.05, 3.63) is 35.5 Å². The van der Waals surface area contributed by atoms with Crippen LogP contribution in [0, 0.1) is 5.92 Å². The number of carbonyl (C=O) groups is 2. The van der Waals surface area contributed by atoms with Gasteiger partial charge in [-0.25, -0.2) is 0 Å². The number of ether oxygens (including phenoxy) is 1. The van der Waals surface area contributed by atoms with Crippen molar-refractivity contribution in [1.29, 1.82) is 0 Å². The third kappa shape index (κ3) is 2.94. The molecule has 1 atom stereocenters. The van der Waals surface area contributed by atoms with Gasteiger partial charge >= 0.3 is 0 Å². The number of fused-ring (bicyclic) bond motifs is 1. The van der Waals surface area contributed by atoms with Gasteiger partial charge in [-0.05, 0) is 24.3 Å². The average Bonchev–Trinajstić information content (AvgIpc) is 3.32. The first-order chi connectivity index (χ1) is 12.6. The monoisotopic (exact) mass is 372 g/mol. The molecule has 2 amide bonds. The van der Waals surface area contributed by atoms with Crippen LogP contribution in [0.1, 0.15) is 17.7 Å². The van der Waals surface area contributed by atoms with E-state index in [1.54, 1.807) is 28.5 Å². The summed E-state index contributed by atoms with van der Waals surface area (Å²) in [5.74, 6) is 2.69. The maximum Gasteiger partial charge on any atom is 0.230 e. The van der Waals surface area contributed by atoms with Crippen LogP contribution in [0.15, 0.2) is 24.3 Å². The second-order valence-corrected chi connectivity index (χ2v) is 7.47. The van der Waals surface area contributed by atoms with E-state index in [-0.39, 0.29) is 24.2 Å². The topological polar surface area (TPSA) is 76.5 Å². The predicted octanol–water partition coefficient (Wildman–Crippen LogP) is 2.17. The third-order valence-corrected chi connectivity index (χ3v) is 5.81. The van der Waals surface area contributed by atoms with E-state index in [9.17, 15) is 9.59 Å². The van der Waals surface area contributed by atoms with Crippen LogP contribution in [0.2, 0.25) is 0 Å². The Morgan fingerprint density at radius 2 is 2.08 bits per heavy atom. The van der Waals surface area contributed by atoms with Gasteiger partial charge in [0.1, 0.15) is 11.6 Å². The predicted molar refractivity (Wildman–Crippen MR) is 100 cm³/mol. The van der Waals surface area contributed by atoms with Gasteiger partial charge in [0, 0.05) is 42.8 Å². The van der Waals surface area contributed by atoms with E-state index in [4.69, 9.17) is 4.74 Å². The van der Waals surface area contributed by atoms with E-state index in [0.717, 1.165) is 40.0 Å². The van der Waals surface area contributed by atoms with Crippen LogP contribution in [0.25, 0.3) is 0 Å². The molecule has 3 heterocycles. The summed E-state index contributed by atoms with van der Waals surface area (Å²) in [6.45, 7) is 0.381. The summed E-state index contributed by atoms with van der Waals surface area (Å²) in [5, 5.41) is 7.45.